The number of hydrogen-bond donors (Lipinski definition) is 2. The van der Waals surface area contributed by atoms with Gasteiger partial charge in [-0.05, 0) is 36.6 Å². The Hall–Kier alpha value is -0.934. The van der Waals surface area contributed by atoms with Crippen LogP contribution in [0.25, 0.3) is 5.32 Å². The maximum atomic E-state index is 12.2. The van der Waals surface area contributed by atoms with E-state index in [-0.39, 0.29) is 57.2 Å². The maximum absolute atomic E-state index is 12.2. The van der Waals surface area contributed by atoms with Crippen LogP contribution in [0, 0.1) is 0 Å². The van der Waals surface area contributed by atoms with E-state index in [0.29, 0.717) is 39.4 Å². The van der Waals surface area contributed by atoms with Gasteiger partial charge >= 0.3 is 51.4 Å². The summed E-state index contributed by atoms with van der Waals surface area (Å²) >= 11 is 12.9. The molecule has 0 fully saturated rings. The van der Waals surface area contributed by atoms with Crippen molar-refractivity contribution in [3.63, 3.8) is 0 Å². The zero-order valence-corrected chi connectivity index (χ0v) is 25.2. The average Bonchev–Trinajstić information content (AvgIpc) is 2.77. The molecular formula is C24H32Cl2KN5O. The number of carbonyl (C=O) groups is 1. The number of rotatable bonds is 9. The molecule has 1 aromatic heterocycles. The number of nitrogens with one attached hydrogen (secondary N) is 1. The SMILES string of the molecule is CC.CCCC(=O)c1cc(Cl)c(Nc2cc(N=C(N)/C=C(/C)[N-]C)ncc2CC)c(Cl)c1.[K+]. The number of nitrogens with two attached hydrogens (primary N) is 1. The van der Waals surface area contributed by atoms with E-state index >= 15 is 0 Å². The Labute approximate surface area is 250 Å². The van der Waals surface area contributed by atoms with Crippen molar-refractivity contribution >= 4 is 52.0 Å². The molecule has 0 unspecified atom stereocenters. The van der Waals surface area contributed by atoms with Crippen LogP contribution in [0.2, 0.25) is 10.0 Å². The van der Waals surface area contributed by atoms with Gasteiger partial charge in [0.2, 0.25) is 0 Å². The Morgan fingerprint density at radius 3 is 2.33 bits per heavy atom. The number of aromatic nitrogens is 1. The Bertz CT molecular complexity index is 970. The molecule has 3 N–H and O–H groups in total. The van der Waals surface area contributed by atoms with E-state index in [1.807, 2.05) is 34.6 Å². The number of aliphatic imine (C=N–C) groups is 1. The van der Waals surface area contributed by atoms with E-state index in [1.165, 1.54) is 0 Å². The second-order valence-electron chi connectivity index (χ2n) is 6.71. The smallest absolute Gasteiger partial charge is 0.690 e. The fourth-order valence-corrected chi connectivity index (χ4v) is 3.32. The summed E-state index contributed by atoms with van der Waals surface area (Å²) in [5.74, 6) is 0.755. The van der Waals surface area contributed by atoms with Crippen LogP contribution < -0.4 is 62.4 Å². The molecule has 9 heteroatoms. The number of hydrogen-bond acceptors (Lipinski definition) is 4. The first kappa shape index (κ1) is 32.1. The number of anilines is 2. The van der Waals surface area contributed by atoms with Gasteiger partial charge in [0.1, 0.15) is 5.84 Å². The first-order chi connectivity index (χ1) is 15.3. The minimum Gasteiger partial charge on any atom is -0.690 e. The molecular weight excluding hydrogens is 484 g/mol. The summed E-state index contributed by atoms with van der Waals surface area (Å²) in [5, 5.41) is 8.04. The molecule has 1 aromatic carbocycles. The molecule has 0 radical (unpaired) electrons. The Balaban J connectivity index is 0.00000332. The van der Waals surface area contributed by atoms with Crippen LogP contribution in [0.3, 0.4) is 0 Å². The summed E-state index contributed by atoms with van der Waals surface area (Å²) in [6.45, 7) is 9.81. The molecule has 0 bridgehead atoms. The Morgan fingerprint density at radius 1 is 1.21 bits per heavy atom. The molecule has 6 nitrogen and oxygen atoms in total. The van der Waals surface area contributed by atoms with Crippen molar-refractivity contribution in [3.05, 3.63) is 62.7 Å². The molecule has 0 saturated heterocycles. The number of ketones is 1. The standard InChI is InChI=1S/C22H27Cl2N5O.C2H6.K/c1-5-7-19(30)15-9-16(23)22(17(24)10-15)28-18-11-21(27-12-14(18)6-2)29-20(25)8-13(3)26-4;1-2;/h8-12H,5-7H2,1-4H3,(H4,25,26,27,28,29,30);1-2H3;/q;;+1/p-1. The normalized spacial score (nSPS) is 11.2. The summed E-state index contributed by atoms with van der Waals surface area (Å²) in [7, 11) is 1.68. The number of allylic oxidation sites excluding steroid dienone is 1. The summed E-state index contributed by atoms with van der Waals surface area (Å²) in [4.78, 5) is 20.9. The van der Waals surface area contributed by atoms with Gasteiger partial charge in [0.25, 0.3) is 0 Å². The van der Waals surface area contributed by atoms with E-state index in [2.05, 4.69) is 20.6 Å². The van der Waals surface area contributed by atoms with Crippen molar-refractivity contribution in [3.8, 4) is 0 Å². The topological polar surface area (TPSA) is 94.5 Å². The second kappa shape index (κ2) is 16.7. The Kier molecular flexibility index (Phi) is 16.2. The molecule has 0 spiro atoms. The van der Waals surface area contributed by atoms with Crippen molar-refractivity contribution in [1.82, 2.24) is 4.98 Å². The molecule has 0 amide bonds. The third-order valence-electron chi connectivity index (χ3n) is 4.41. The second-order valence-corrected chi connectivity index (χ2v) is 7.53. The minimum absolute atomic E-state index is 0. The van der Waals surface area contributed by atoms with Gasteiger partial charge in [-0.15, -0.1) is 7.05 Å². The molecule has 0 atom stereocenters. The number of carbonyl (C=O) groups excluding carboxylic acids is 1. The van der Waals surface area contributed by atoms with E-state index < -0.39 is 0 Å². The summed E-state index contributed by atoms with van der Waals surface area (Å²) in [6, 6.07) is 5.06. The van der Waals surface area contributed by atoms with E-state index in [1.54, 1.807) is 37.5 Å². The van der Waals surface area contributed by atoms with Crippen LogP contribution in [0.5, 0.6) is 0 Å². The van der Waals surface area contributed by atoms with Gasteiger partial charge in [-0.3, -0.25) is 4.79 Å². The van der Waals surface area contributed by atoms with Crippen LogP contribution in [-0.2, 0) is 6.42 Å². The van der Waals surface area contributed by atoms with Crippen LogP contribution in [0.15, 0.2) is 41.2 Å². The van der Waals surface area contributed by atoms with Gasteiger partial charge < -0.3 is 16.4 Å². The molecule has 0 aliphatic heterocycles. The maximum Gasteiger partial charge on any atom is 1.00 e. The largest absolute Gasteiger partial charge is 1.00 e. The predicted octanol–water partition coefficient (Wildman–Crippen LogP) is 4.60. The van der Waals surface area contributed by atoms with Crippen LogP contribution in [0.1, 0.15) is 63.4 Å². The number of benzene rings is 1. The first-order valence-corrected chi connectivity index (χ1v) is 11.4. The average molecular weight is 517 g/mol. The fraction of sp³-hybridized carbons (Fsp3) is 0.375. The van der Waals surface area contributed by atoms with Crippen molar-refractivity contribution in [2.75, 3.05) is 12.4 Å². The summed E-state index contributed by atoms with van der Waals surface area (Å²) < 4.78 is 0. The molecule has 1 heterocycles. The molecule has 0 aliphatic rings. The fourth-order valence-electron chi connectivity index (χ4n) is 2.73. The third-order valence-corrected chi connectivity index (χ3v) is 5.00. The molecule has 0 saturated carbocycles. The van der Waals surface area contributed by atoms with Crippen LogP contribution >= 0.6 is 23.2 Å². The van der Waals surface area contributed by atoms with Gasteiger partial charge in [0.05, 0.1) is 15.7 Å². The third kappa shape index (κ3) is 10.1. The van der Waals surface area contributed by atoms with Crippen molar-refractivity contribution in [2.45, 2.75) is 53.9 Å². The zero-order chi connectivity index (χ0) is 24.3. The first-order valence-electron chi connectivity index (χ1n) is 10.7. The van der Waals surface area contributed by atoms with Gasteiger partial charge in [-0.25, -0.2) is 9.98 Å². The number of nitrogens with zero attached hydrogens (tertiary/aromatic N) is 3. The quantitative estimate of drug-likeness (QED) is 0.220. The van der Waals surface area contributed by atoms with Gasteiger partial charge in [0, 0.05) is 29.9 Å². The number of Topliss-reactive ketones (excluding diaryl/α,β-unsaturated/α-hetero) is 1. The zero-order valence-electron chi connectivity index (χ0n) is 20.6. The molecule has 174 valence electrons. The molecule has 2 aromatic rings. The van der Waals surface area contributed by atoms with Crippen LogP contribution in [-0.4, -0.2) is 23.7 Å². The van der Waals surface area contributed by atoms with Crippen molar-refractivity contribution in [1.29, 1.82) is 0 Å². The van der Waals surface area contributed by atoms with Crippen LogP contribution in [0.4, 0.5) is 17.2 Å². The molecule has 2 rings (SSSR count). The minimum atomic E-state index is 0. The van der Waals surface area contributed by atoms with E-state index in [0.717, 1.165) is 29.8 Å². The number of pyridine rings is 1. The van der Waals surface area contributed by atoms with Gasteiger partial charge in [0.15, 0.2) is 11.6 Å². The summed E-state index contributed by atoms with van der Waals surface area (Å²) in [5.41, 5.74) is 9.46. The predicted molar refractivity (Wildman–Crippen MR) is 138 cm³/mol. The monoisotopic (exact) mass is 515 g/mol. The number of aryl methyl sites for hydroxylation is 1. The van der Waals surface area contributed by atoms with Gasteiger partial charge in [-0.1, -0.05) is 57.8 Å². The molecule has 33 heavy (non-hydrogen) atoms. The van der Waals surface area contributed by atoms with E-state index in [9.17, 15) is 4.79 Å². The summed E-state index contributed by atoms with van der Waals surface area (Å²) in [6.07, 6.45) is 5.35. The van der Waals surface area contributed by atoms with Gasteiger partial charge in [-0.2, -0.15) is 5.70 Å². The molecule has 0 aliphatic carbocycles. The number of amidine groups is 1. The number of halogens is 2. The Morgan fingerprint density at radius 2 is 1.82 bits per heavy atom. The van der Waals surface area contributed by atoms with E-state index in [4.69, 9.17) is 28.9 Å². The van der Waals surface area contributed by atoms with Crippen molar-refractivity contribution in [2.24, 2.45) is 10.7 Å². The van der Waals surface area contributed by atoms with Crippen molar-refractivity contribution < 1.29 is 56.2 Å².